The van der Waals surface area contributed by atoms with E-state index >= 15 is 0 Å². The molecule has 0 radical (unpaired) electrons. The second-order valence-electron chi connectivity index (χ2n) is 8.56. The minimum Gasteiger partial charge on any atom is -0.481 e. The first-order valence-corrected chi connectivity index (χ1v) is 11.6. The van der Waals surface area contributed by atoms with Crippen LogP contribution >= 0.6 is 0 Å². The van der Waals surface area contributed by atoms with Gasteiger partial charge in [-0.1, -0.05) is 97.1 Å². The lowest BCUT2D eigenvalue weighted by atomic mass is 9.94. The fraction of sp³-hybridized carbons (Fsp3) is 0.133. The highest BCUT2D eigenvalue weighted by molar-refractivity contribution is 5.80. The van der Waals surface area contributed by atoms with Gasteiger partial charge in [0.25, 0.3) is 0 Å². The van der Waals surface area contributed by atoms with E-state index in [0.717, 1.165) is 22.3 Å². The van der Waals surface area contributed by atoms with Crippen LogP contribution in [0, 0.1) is 0 Å². The summed E-state index contributed by atoms with van der Waals surface area (Å²) in [4.78, 5) is 24.0. The van der Waals surface area contributed by atoms with E-state index in [-0.39, 0.29) is 25.5 Å². The molecule has 0 spiro atoms. The third-order valence-electron chi connectivity index (χ3n) is 6.43. The molecule has 174 valence electrons. The number of hydrogen-bond donors (Lipinski definition) is 2. The largest absolute Gasteiger partial charge is 0.481 e. The quantitative estimate of drug-likeness (QED) is 0.351. The molecular weight excluding hydrogens is 438 g/mol. The first-order valence-electron chi connectivity index (χ1n) is 11.6. The Hall–Kier alpha value is -4.38. The third kappa shape index (κ3) is 4.66. The summed E-state index contributed by atoms with van der Waals surface area (Å²) in [6.07, 6.45) is -0.551. The van der Waals surface area contributed by atoms with Crippen molar-refractivity contribution < 1.29 is 19.4 Å². The van der Waals surface area contributed by atoms with Crippen molar-refractivity contribution in [3.63, 3.8) is 0 Å². The van der Waals surface area contributed by atoms with Gasteiger partial charge in [-0.25, -0.2) is 4.79 Å². The number of aliphatic carboxylic acids is 1. The molecule has 0 bridgehead atoms. The molecule has 1 aliphatic carbocycles. The minimum atomic E-state index is -0.883. The molecule has 4 aromatic rings. The average Bonchev–Trinajstić information content (AvgIpc) is 3.20. The van der Waals surface area contributed by atoms with Gasteiger partial charge in [-0.2, -0.15) is 0 Å². The lowest BCUT2D eigenvalue weighted by Gasteiger charge is -2.16. The molecule has 0 heterocycles. The van der Waals surface area contributed by atoms with E-state index in [2.05, 4.69) is 29.6 Å². The minimum absolute atomic E-state index is 0.00309. The molecule has 35 heavy (non-hydrogen) atoms. The Morgan fingerprint density at radius 1 is 0.686 bits per heavy atom. The maximum atomic E-state index is 12.6. The summed E-state index contributed by atoms with van der Waals surface area (Å²) in [5, 5.41) is 12.1. The number of carbonyl (C=O) groups excluding carboxylic acids is 1. The van der Waals surface area contributed by atoms with Crippen molar-refractivity contribution in [2.45, 2.75) is 18.9 Å². The fourth-order valence-corrected chi connectivity index (χ4v) is 4.85. The number of fused-ring (bicyclic) bond motifs is 3. The van der Waals surface area contributed by atoms with E-state index in [1.807, 2.05) is 72.8 Å². The Kier molecular flexibility index (Phi) is 6.31. The number of alkyl carbamates (subject to hydrolysis) is 1. The van der Waals surface area contributed by atoms with Crippen molar-refractivity contribution in [3.8, 4) is 22.3 Å². The number of benzene rings is 4. The Bertz CT molecular complexity index is 1350. The van der Waals surface area contributed by atoms with Crippen molar-refractivity contribution >= 4 is 12.1 Å². The lowest BCUT2D eigenvalue weighted by molar-refractivity contribution is -0.136. The van der Waals surface area contributed by atoms with Gasteiger partial charge < -0.3 is 15.2 Å². The molecule has 0 unspecified atom stereocenters. The van der Waals surface area contributed by atoms with Gasteiger partial charge in [0.05, 0.1) is 6.42 Å². The molecule has 5 nitrogen and oxygen atoms in total. The molecule has 0 saturated carbocycles. The van der Waals surface area contributed by atoms with E-state index in [4.69, 9.17) is 4.74 Å². The van der Waals surface area contributed by atoms with Crippen molar-refractivity contribution in [1.29, 1.82) is 0 Å². The maximum absolute atomic E-state index is 12.6. The van der Waals surface area contributed by atoms with E-state index in [0.29, 0.717) is 0 Å². The van der Waals surface area contributed by atoms with Gasteiger partial charge in [0.15, 0.2) is 0 Å². The second kappa shape index (κ2) is 9.85. The predicted molar refractivity (Wildman–Crippen MR) is 135 cm³/mol. The van der Waals surface area contributed by atoms with Crippen LogP contribution in [0.2, 0.25) is 0 Å². The third-order valence-corrected chi connectivity index (χ3v) is 6.43. The summed E-state index contributed by atoms with van der Waals surface area (Å²) in [6.45, 7) is 0.525. The standard InChI is InChI=1S/C30H25NO4/c32-29(33)17-20-9-1-3-11-22(20)23-12-4-2-10-21(23)18-31-30(34)35-19-28-26-15-7-5-13-24(26)25-14-6-8-16-27(25)28/h1-16,28H,17-19H2,(H,31,34)(H,32,33). The summed E-state index contributed by atoms with van der Waals surface area (Å²) < 4.78 is 5.66. The van der Waals surface area contributed by atoms with Crippen LogP contribution in [-0.4, -0.2) is 23.8 Å². The van der Waals surface area contributed by atoms with Crippen LogP contribution in [0.4, 0.5) is 4.79 Å². The Morgan fingerprint density at radius 3 is 1.77 bits per heavy atom. The van der Waals surface area contributed by atoms with E-state index in [9.17, 15) is 14.7 Å². The highest BCUT2D eigenvalue weighted by Gasteiger charge is 2.29. The molecule has 0 atom stereocenters. The van der Waals surface area contributed by atoms with Gasteiger partial charge in [0.1, 0.15) is 6.61 Å². The summed E-state index contributed by atoms with van der Waals surface area (Å²) in [5.74, 6) is -0.880. The molecule has 0 saturated heterocycles. The summed E-state index contributed by atoms with van der Waals surface area (Å²) in [7, 11) is 0. The van der Waals surface area contributed by atoms with Crippen molar-refractivity contribution in [2.75, 3.05) is 6.61 Å². The van der Waals surface area contributed by atoms with E-state index in [1.54, 1.807) is 0 Å². The predicted octanol–water partition coefficient (Wildman–Crippen LogP) is 6.02. The molecule has 5 rings (SSSR count). The van der Waals surface area contributed by atoms with Crippen LogP contribution in [-0.2, 0) is 22.5 Å². The number of nitrogens with one attached hydrogen (secondary N) is 1. The average molecular weight is 464 g/mol. The van der Waals surface area contributed by atoms with Gasteiger partial charge in [0.2, 0.25) is 0 Å². The SMILES string of the molecule is O=C(O)Cc1ccccc1-c1ccccc1CNC(=O)OCC1c2ccccc2-c2ccccc21. The Morgan fingerprint density at radius 2 is 1.17 bits per heavy atom. The highest BCUT2D eigenvalue weighted by Crippen LogP contribution is 2.44. The zero-order chi connectivity index (χ0) is 24.2. The van der Waals surface area contributed by atoms with E-state index < -0.39 is 12.1 Å². The highest BCUT2D eigenvalue weighted by atomic mass is 16.5. The number of ether oxygens (including phenoxy) is 1. The van der Waals surface area contributed by atoms with Gasteiger partial charge in [-0.15, -0.1) is 0 Å². The van der Waals surface area contributed by atoms with Crippen LogP contribution in [0.25, 0.3) is 22.3 Å². The van der Waals surface area contributed by atoms with Gasteiger partial charge in [-0.05, 0) is 44.5 Å². The number of carboxylic acids is 1. The molecule has 0 aromatic heterocycles. The number of hydrogen-bond acceptors (Lipinski definition) is 3. The Balaban J connectivity index is 1.28. The molecule has 1 amide bonds. The monoisotopic (exact) mass is 463 g/mol. The van der Waals surface area contributed by atoms with E-state index in [1.165, 1.54) is 22.3 Å². The molecule has 1 aliphatic rings. The lowest BCUT2D eigenvalue weighted by Crippen LogP contribution is -2.26. The second-order valence-corrected chi connectivity index (χ2v) is 8.56. The van der Waals surface area contributed by atoms with Gasteiger partial charge in [0, 0.05) is 12.5 Å². The summed E-state index contributed by atoms with van der Waals surface area (Å²) >= 11 is 0. The van der Waals surface area contributed by atoms with Crippen LogP contribution in [0.1, 0.15) is 28.2 Å². The topological polar surface area (TPSA) is 75.6 Å². The molecule has 4 aromatic carbocycles. The van der Waals surface area contributed by atoms with Crippen LogP contribution < -0.4 is 5.32 Å². The van der Waals surface area contributed by atoms with Gasteiger partial charge >= 0.3 is 12.1 Å². The van der Waals surface area contributed by atoms with Crippen molar-refractivity contribution in [3.05, 3.63) is 119 Å². The Labute approximate surface area is 204 Å². The fourth-order valence-electron chi connectivity index (χ4n) is 4.85. The maximum Gasteiger partial charge on any atom is 0.407 e. The zero-order valence-corrected chi connectivity index (χ0v) is 19.1. The van der Waals surface area contributed by atoms with Crippen LogP contribution in [0.15, 0.2) is 97.1 Å². The number of rotatable bonds is 7. The van der Waals surface area contributed by atoms with Crippen molar-refractivity contribution in [1.82, 2.24) is 5.32 Å². The zero-order valence-electron chi connectivity index (χ0n) is 19.1. The summed E-state index contributed by atoms with van der Waals surface area (Å²) in [6, 6.07) is 31.6. The normalized spacial score (nSPS) is 12.0. The van der Waals surface area contributed by atoms with Crippen LogP contribution in [0.3, 0.4) is 0 Å². The number of carboxylic acid groups (broad SMARTS) is 1. The first-order chi connectivity index (χ1) is 17.1. The van der Waals surface area contributed by atoms with Crippen LogP contribution in [0.5, 0.6) is 0 Å². The molecule has 5 heteroatoms. The molecule has 0 aliphatic heterocycles. The molecule has 0 fully saturated rings. The van der Waals surface area contributed by atoms with Gasteiger partial charge in [-0.3, -0.25) is 4.79 Å². The molecular formula is C30H25NO4. The smallest absolute Gasteiger partial charge is 0.407 e. The number of amides is 1. The summed E-state index contributed by atoms with van der Waals surface area (Å²) in [5.41, 5.74) is 8.07. The van der Waals surface area contributed by atoms with Crippen molar-refractivity contribution in [2.24, 2.45) is 0 Å². The number of carbonyl (C=O) groups is 2. The first kappa shape index (κ1) is 22.4. The molecule has 2 N–H and O–H groups in total.